The Kier molecular flexibility index (Phi) is 3.86. The van der Waals surface area contributed by atoms with Crippen molar-refractivity contribution in [3.05, 3.63) is 41.7 Å². The molecule has 19 heavy (non-hydrogen) atoms. The van der Waals surface area contributed by atoms with Gasteiger partial charge in [-0.2, -0.15) is 0 Å². The monoisotopic (exact) mass is 263 g/mol. The Hall–Kier alpha value is -2.28. The third-order valence-electron chi connectivity index (χ3n) is 2.64. The van der Waals surface area contributed by atoms with Crippen molar-refractivity contribution in [2.24, 2.45) is 11.5 Å². The molecule has 7 heteroatoms. The number of halogens is 1. The number of carbonyl (C=O) groups excluding carboxylic acids is 1. The zero-order valence-corrected chi connectivity index (χ0v) is 10.2. The second-order valence-electron chi connectivity index (χ2n) is 4.20. The lowest BCUT2D eigenvalue weighted by molar-refractivity contribution is 0.0995. The van der Waals surface area contributed by atoms with Crippen LogP contribution in [-0.2, 0) is 6.42 Å². The number of hydrogen-bond acceptors (Lipinski definition) is 4. The number of rotatable bonds is 5. The van der Waals surface area contributed by atoms with Gasteiger partial charge >= 0.3 is 0 Å². The van der Waals surface area contributed by atoms with Gasteiger partial charge in [-0.05, 0) is 24.1 Å². The summed E-state index contributed by atoms with van der Waals surface area (Å²) in [6.45, 7) is -0.549. The molecule has 0 radical (unpaired) electrons. The summed E-state index contributed by atoms with van der Waals surface area (Å²) in [4.78, 5) is 10.9. The van der Waals surface area contributed by atoms with Crippen molar-refractivity contribution in [3.63, 3.8) is 0 Å². The van der Waals surface area contributed by atoms with E-state index in [1.807, 2.05) is 12.1 Å². The molecule has 0 saturated heterocycles. The predicted octanol–water partition coefficient (Wildman–Crippen LogP) is 0.205. The Morgan fingerprint density at radius 3 is 2.58 bits per heavy atom. The van der Waals surface area contributed by atoms with E-state index in [-0.39, 0.29) is 5.69 Å². The van der Waals surface area contributed by atoms with Gasteiger partial charge in [0.15, 0.2) is 5.69 Å². The van der Waals surface area contributed by atoms with Crippen LogP contribution in [0.2, 0.25) is 0 Å². The van der Waals surface area contributed by atoms with Gasteiger partial charge in [0, 0.05) is 6.04 Å². The molecule has 1 aromatic heterocycles. The number of alkyl halides is 1. The van der Waals surface area contributed by atoms with E-state index in [0.717, 1.165) is 11.3 Å². The lowest BCUT2D eigenvalue weighted by Gasteiger charge is -2.07. The summed E-state index contributed by atoms with van der Waals surface area (Å²) in [5.74, 6) is -0.628. The van der Waals surface area contributed by atoms with Crippen LogP contribution in [0.25, 0.3) is 5.69 Å². The van der Waals surface area contributed by atoms with Gasteiger partial charge in [0.05, 0.1) is 11.9 Å². The number of hydrogen-bond donors (Lipinski definition) is 2. The van der Waals surface area contributed by atoms with Crippen molar-refractivity contribution < 1.29 is 9.18 Å². The maximum atomic E-state index is 12.3. The maximum absolute atomic E-state index is 12.3. The molecule has 1 atom stereocenters. The smallest absolute Gasteiger partial charge is 0.270 e. The number of amides is 1. The average Bonchev–Trinajstić information content (AvgIpc) is 2.89. The van der Waals surface area contributed by atoms with Crippen molar-refractivity contribution in [3.8, 4) is 5.69 Å². The van der Waals surface area contributed by atoms with Crippen LogP contribution in [0.5, 0.6) is 0 Å². The van der Waals surface area contributed by atoms with Crippen molar-refractivity contribution in [1.82, 2.24) is 15.0 Å². The zero-order valence-electron chi connectivity index (χ0n) is 10.2. The van der Waals surface area contributed by atoms with Crippen LogP contribution in [0.15, 0.2) is 30.5 Å². The number of nitrogens with zero attached hydrogens (tertiary/aromatic N) is 3. The average molecular weight is 263 g/mol. The fourth-order valence-electron chi connectivity index (χ4n) is 1.64. The first kappa shape index (κ1) is 13.2. The third-order valence-corrected chi connectivity index (χ3v) is 2.64. The Morgan fingerprint density at radius 1 is 1.37 bits per heavy atom. The first-order valence-corrected chi connectivity index (χ1v) is 5.73. The lowest BCUT2D eigenvalue weighted by Crippen LogP contribution is -2.24. The van der Waals surface area contributed by atoms with Crippen molar-refractivity contribution in [2.45, 2.75) is 12.5 Å². The normalized spacial score (nSPS) is 12.3. The van der Waals surface area contributed by atoms with Crippen LogP contribution in [0, 0.1) is 0 Å². The van der Waals surface area contributed by atoms with Crippen molar-refractivity contribution in [2.75, 3.05) is 6.67 Å². The minimum Gasteiger partial charge on any atom is -0.364 e. The Morgan fingerprint density at radius 2 is 2.05 bits per heavy atom. The molecule has 4 N–H and O–H groups in total. The van der Waals surface area contributed by atoms with E-state index in [0.29, 0.717) is 6.42 Å². The second kappa shape index (κ2) is 5.57. The molecule has 0 aliphatic rings. The topological polar surface area (TPSA) is 99.8 Å². The van der Waals surface area contributed by atoms with E-state index >= 15 is 0 Å². The number of primary amides is 1. The molecule has 0 saturated carbocycles. The van der Waals surface area contributed by atoms with E-state index in [1.165, 1.54) is 10.9 Å². The first-order valence-electron chi connectivity index (χ1n) is 5.73. The van der Waals surface area contributed by atoms with Gasteiger partial charge in [-0.25, -0.2) is 9.07 Å². The number of carbonyl (C=O) groups is 1. The Bertz CT molecular complexity index is 566. The van der Waals surface area contributed by atoms with E-state index in [1.54, 1.807) is 12.1 Å². The molecule has 100 valence electrons. The fraction of sp³-hybridized carbons (Fsp3) is 0.250. The minimum atomic E-state index is -0.628. The molecular formula is C12H14FN5O. The molecule has 2 rings (SSSR count). The largest absolute Gasteiger partial charge is 0.364 e. The van der Waals surface area contributed by atoms with Crippen LogP contribution in [0.1, 0.15) is 16.1 Å². The van der Waals surface area contributed by atoms with Gasteiger partial charge in [0.2, 0.25) is 0 Å². The van der Waals surface area contributed by atoms with Crippen LogP contribution < -0.4 is 11.5 Å². The Balaban J connectivity index is 2.15. The van der Waals surface area contributed by atoms with E-state index in [2.05, 4.69) is 10.3 Å². The molecular weight excluding hydrogens is 249 g/mol. The fourth-order valence-corrected chi connectivity index (χ4v) is 1.64. The second-order valence-corrected chi connectivity index (χ2v) is 4.20. The highest BCUT2D eigenvalue weighted by molar-refractivity contribution is 5.90. The molecule has 0 spiro atoms. The van der Waals surface area contributed by atoms with Crippen molar-refractivity contribution in [1.29, 1.82) is 0 Å². The highest BCUT2D eigenvalue weighted by atomic mass is 19.1. The summed E-state index contributed by atoms with van der Waals surface area (Å²) in [6, 6.07) is 6.76. The summed E-state index contributed by atoms with van der Waals surface area (Å²) >= 11 is 0. The van der Waals surface area contributed by atoms with Gasteiger partial charge in [0.1, 0.15) is 6.67 Å². The molecule has 1 amide bonds. The summed E-state index contributed by atoms with van der Waals surface area (Å²) in [7, 11) is 0. The van der Waals surface area contributed by atoms with Gasteiger partial charge in [-0.1, -0.05) is 17.3 Å². The summed E-state index contributed by atoms with van der Waals surface area (Å²) in [6.07, 6.45) is 1.92. The number of benzene rings is 1. The molecule has 0 fully saturated rings. The zero-order chi connectivity index (χ0) is 13.8. The van der Waals surface area contributed by atoms with Crippen LogP contribution in [0.4, 0.5) is 4.39 Å². The number of aromatic nitrogens is 3. The van der Waals surface area contributed by atoms with Gasteiger partial charge in [0.25, 0.3) is 5.91 Å². The molecule has 1 aromatic carbocycles. The third kappa shape index (κ3) is 3.14. The molecule has 0 aliphatic carbocycles. The van der Waals surface area contributed by atoms with Crippen LogP contribution in [0.3, 0.4) is 0 Å². The molecule has 6 nitrogen and oxygen atoms in total. The molecule has 0 bridgehead atoms. The standard InChI is InChI=1S/C12H14FN5O/c13-6-9(14)5-8-1-3-10(4-2-8)18-7-11(12(15)19)16-17-18/h1-4,7,9H,5-6,14H2,(H2,15,19)/t9-/m0/s1. The molecule has 2 aromatic rings. The van der Waals surface area contributed by atoms with Gasteiger partial charge < -0.3 is 11.5 Å². The summed E-state index contributed by atoms with van der Waals surface area (Å²) < 4.78 is 13.7. The highest BCUT2D eigenvalue weighted by Crippen LogP contribution is 2.10. The molecule has 0 aliphatic heterocycles. The van der Waals surface area contributed by atoms with E-state index < -0.39 is 18.6 Å². The predicted molar refractivity (Wildman–Crippen MR) is 67.5 cm³/mol. The summed E-state index contributed by atoms with van der Waals surface area (Å²) in [5.41, 5.74) is 12.4. The lowest BCUT2D eigenvalue weighted by atomic mass is 10.1. The van der Waals surface area contributed by atoms with Gasteiger partial charge in [-0.3, -0.25) is 4.79 Å². The van der Waals surface area contributed by atoms with Gasteiger partial charge in [-0.15, -0.1) is 5.10 Å². The summed E-state index contributed by atoms with van der Waals surface area (Å²) in [5, 5.41) is 7.44. The van der Waals surface area contributed by atoms with E-state index in [4.69, 9.17) is 11.5 Å². The quantitative estimate of drug-likeness (QED) is 0.805. The first-order chi connectivity index (χ1) is 9.10. The maximum Gasteiger partial charge on any atom is 0.270 e. The highest BCUT2D eigenvalue weighted by Gasteiger charge is 2.08. The van der Waals surface area contributed by atoms with E-state index in [9.17, 15) is 9.18 Å². The Labute approximate surface area is 109 Å². The molecule has 1 heterocycles. The minimum absolute atomic E-state index is 0.100. The van der Waals surface area contributed by atoms with Crippen LogP contribution in [-0.4, -0.2) is 33.6 Å². The van der Waals surface area contributed by atoms with Crippen LogP contribution >= 0.6 is 0 Å². The van der Waals surface area contributed by atoms with Crippen molar-refractivity contribution >= 4 is 5.91 Å². The number of nitrogens with two attached hydrogens (primary N) is 2. The SMILES string of the molecule is NC(=O)c1cn(-c2ccc(C[C@H](N)CF)cc2)nn1. The molecule has 0 unspecified atom stereocenters.